The molecule has 0 saturated carbocycles. The molecular formula is C18H14ClN3O4. The Morgan fingerprint density at radius 2 is 1.85 bits per heavy atom. The Hall–Kier alpha value is -3.50. The third-order valence-corrected chi connectivity index (χ3v) is 3.59. The van der Waals surface area contributed by atoms with Crippen molar-refractivity contribution in [1.29, 1.82) is 5.26 Å². The summed E-state index contributed by atoms with van der Waals surface area (Å²) < 4.78 is 5.05. The van der Waals surface area contributed by atoms with Crippen LogP contribution in [-0.4, -0.2) is 24.1 Å². The molecule has 0 atom stereocenters. The van der Waals surface area contributed by atoms with Crippen LogP contribution in [0.5, 0.6) is 5.75 Å². The maximum absolute atomic E-state index is 12.1. The van der Waals surface area contributed by atoms with Crippen molar-refractivity contribution < 1.29 is 19.4 Å². The number of benzene rings is 2. The minimum atomic E-state index is -1.07. The minimum absolute atomic E-state index is 0.0945. The van der Waals surface area contributed by atoms with Crippen LogP contribution >= 0.6 is 11.6 Å². The number of halogens is 1. The summed E-state index contributed by atoms with van der Waals surface area (Å²) in [7, 11) is 1.50. The first-order chi connectivity index (χ1) is 12.4. The standard InChI is InChI=1S/C18H14ClN3O4/c1-26-16-7-6-14(8-15(16)19)21-10-12(9-20)17(23)22-13-4-2-11(3-5-13)18(24)25/h2-8,10,21H,1H3,(H,22,23)(H,24,25)/b12-10-. The first-order valence-electron chi connectivity index (χ1n) is 7.29. The highest BCUT2D eigenvalue weighted by Gasteiger charge is 2.10. The normalized spacial score (nSPS) is 10.6. The van der Waals surface area contributed by atoms with Gasteiger partial charge in [-0.15, -0.1) is 0 Å². The number of carboxylic acids is 1. The van der Waals surface area contributed by atoms with E-state index in [-0.39, 0.29) is 11.1 Å². The summed E-state index contributed by atoms with van der Waals surface area (Å²) in [4.78, 5) is 23.0. The van der Waals surface area contributed by atoms with Gasteiger partial charge in [0.05, 0.1) is 17.7 Å². The van der Waals surface area contributed by atoms with Crippen LogP contribution in [0.1, 0.15) is 10.4 Å². The first kappa shape index (κ1) is 18.8. The van der Waals surface area contributed by atoms with E-state index in [0.29, 0.717) is 22.1 Å². The molecule has 2 aromatic carbocycles. The van der Waals surface area contributed by atoms with E-state index in [0.717, 1.165) is 0 Å². The van der Waals surface area contributed by atoms with Gasteiger partial charge in [0.25, 0.3) is 5.91 Å². The van der Waals surface area contributed by atoms with Gasteiger partial charge in [0, 0.05) is 17.6 Å². The van der Waals surface area contributed by atoms with Gasteiger partial charge in [-0.3, -0.25) is 4.79 Å². The number of carbonyl (C=O) groups is 2. The Morgan fingerprint density at radius 1 is 1.19 bits per heavy atom. The maximum Gasteiger partial charge on any atom is 0.335 e. The van der Waals surface area contributed by atoms with Crippen LogP contribution in [0.3, 0.4) is 0 Å². The molecule has 0 spiro atoms. The number of aromatic carboxylic acids is 1. The number of amides is 1. The van der Waals surface area contributed by atoms with Gasteiger partial charge in [0.15, 0.2) is 0 Å². The predicted molar refractivity (Wildman–Crippen MR) is 97.4 cm³/mol. The van der Waals surface area contributed by atoms with Crippen molar-refractivity contribution in [2.45, 2.75) is 0 Å². The average molecular weight is 372 g/mol. The lowest BCUT2D eigenvalue weighted by Crippen LogP contribution is -2.14. The summed E-state index contributed by atoms with van der Waals surface area (Å²) in [6, 6.07) is 12.3. The van der Waals surface area contributed by atoms with Crippen LogP contribution in [0.15, 0.2) is 54.2 Å². The van der Waals surface area contributed by atoms with Crippen LogP contribution in [0.2, 0.25) is 5.02 Å². The maximum atomic E-state index is 12.1. The zero-order valence-corrected chi connectivity index (χ0v) is 14.4. The predicted octanol–water partition coefficient (Wildman–Crippen LogP) is 3.50. The molecule has 0 aliphatic rings. The number of carboxylic acid groups (broad SMARTS) is 1. The Bertz CT molecular complexity index is 902. The lowest BCUT2D eigenvalue weighted by molar-refractivity contribution is -0.112. The summed E-state index contributed by atoms with van der Waals surface area (Å²) in [6.45, 7) is 0. The first-order valence-corrected chi connectivity index (χ1v) is 7.67. The van der Waals surface area contributed by atoms with Gasteiger partial charge in [0.2, 0.25) is 0 Å². The number of hydrogen-bond donors (Lipinski definition) is 3. The molecule has 0 fully saturated rings. The van der Waals surface area contributed by atoms with E-state index < -0.39 is 11.9 Å². The van der Waals surface area contributed by atoms with E-state index in [4.69, 9.17) is 26.7 Å². The smallest absolute Gasteiger partial charge is 0.335 e. The average Bonchev–Trinajstić information content (AvgIpc) is 2.62. The van der Waals surface area contributed by atoms with Gasteiger partial charge >= 0.3 is 5.97 Å². The summed E-state index contributed by atoms with van der Waals surface area (Å²) in [5.74, 6) is -1.20. The van der Waals surface area contributed by atoms with E-state index >= 15 is 0 Å². The molecule has 1 amide bonds. The Morgan fingerprint density at radius 3 is 2.38 bits per heavy atom. The van der Waals surface area contributed by atoms with Gasteiger partial charge in [0.1, 0.15) is 17.4 Å². The van der Waals surface area contributed by atoms with E-state index in [2.05, 4.69) is 10.6 Å². The number of nitrogens with one attached hydrogen (secondary N) is 2. The number of ether oxygens (including phenoxy) is 1. The molecule has 132 valence electrons. The van der Waals surface area contributed by atoms with Crippen molar-refractivity contribution in [3.63, 3.8) is 0 Å². The molecule has 0 aliphatic heterocycles. The summed E-state index contributed by atoms with van der Waals surface area (Å²) in [5.41, 5.74) is 0.868. The topological polar surface area (TPSA) is 111 Å². The van der Waals surface area contributed by atoms with Crippen LogP contribution in [0.25, 0.3) is 0 Å². The molecular weight excluding hydrogens is 358 g/mol. The van der Waals surface area contributed by atoms with E-state index in [1.807, 2.05) is 0 Å². The molecule has 26 heavy (non-hydrogen) atoms. The minimum Gasteiger partial charge on any atom is -0.495 e. The Kier molecular flexibility index (Phi) is 6.20. The van der Waals surface area contributed by atoms with Gasteiger partial charge in [-0.2, -0.15) is 5.26 Å². The lowest BCUT2D eigenvalue weighted by atomic mass is 10.2. The number of anilines is 2. The van der Waals surface area contributed by atoms with Crippen LogP contribution in [0, 0.1) is 11.3 Å². The molecule has 0 saturated heterocycles. The zero-order valence-electron chi connectivity index (χ0n) is 13.6. The molecule has 0 bridgehead atoms. The van der Waals surface area contributed by atoms with Crippen LogP contribution in [0.4, 0.5) is 11.4 Å². The zero-order chi connectivity index (χ0) is 19.1. The van der Waals surface area contributed by atoms with Crippen molar-refractivity contribution in [2.75, 3.05) is 17.7 Å². The molecule has 7 nitrogen and oxygen atoms in total. The number of rotatable bonds is 6. The quantitative estimate of drug-likeness (QED) is 0.529. The van der Waals surface area contributed by atoms with E-state index in [9.17, 15) is 9.59 Å². The van der Waals surface area contributed by atoms with E-state index in [1.54, 1.807) is 24.3 Å². The lowest BCUT2D eigenvalue weighted by Gasteiger charge is -2.07. The van der Waals surface area contributed by atoms with Gasteiger partial charge in [-0.05, 0) is 42.5 Å². The van der Waals surface area contributed by atoms with Crippen molar-refractivity contribution in [3.8, 4) is 11.8 Å². The van der Waals surface area contributed by atoms with Crippen LogP contribution in [-0.2, 0) is 4.79 Å². The molecule has 8 heteroatoms. The molecule has 3 N–H and O–H groups in total. The van der Waals surface area contributed by atoms with Gasteiger partial charge in [-0.25, -0.2) is 4.79 Å². The molecule has 2 rings (SSSR count). The molecule has 0 aromatic heterocycles. The van der Waals surface area contributed by atoms with Crippen molar-refractivity contribution in [1.82, 2.24) is 0 Å². The van der Waals surface area contributed by atoms with Crippen molar-refractivity contribution in [3.05, 3.63) is 64.8 Å². The molecule has 0 aliphatic carbocycles. The second-order valence-electron chi connectivity index (χ2n) is 5.00. The highest BCUT2D eigenvalue weighted by molar-refractivity contribution is 6.32. The molecule has 0 radical (unpaired) electrons. The van der Waals surface area contributed by atoms with Gasteiger partial charge < -0.3 is 20.5 Å². The highest BCUT2D eigenvalue weighted by Crippen LogP contribution is 2.27. The van der Waals surface area contributed by atoms with Crippen molar-refractivity contribution >= 4 is 34.9 Å². The second-order valence-corrected chi connectivity index (χ2v) is 5.41. The SMILES string of the molecule is COc1ccc(N/C=C(/C#N)C(=O)Nc2ccc(C(=O)O)cc2)cc1Cl. The fourth-order valence-electron chi connectivity index (χ4n) is 1.95. The van der Waals surface area contributed by atoms with E-state index in [1.165, 1.54) is 37.6 Å². The Balaban J connectivity index is 2.08. The third kappa shape index (κ3) is 4.75. The molecule has 2 aromatic rings. The fourth-order valence-corrected chi connectivity index (χ4v) is 2.21. The second kappa shape index (κ2) is 8.55. The summed E-state index contributed by atoms with van der Waals surface area (Å²) in [5, 5.41) is 23.7. The fraction of sp³-hybridized carbons (Fsp3) is 0.0556. The highest BCUT2D eigenvalue weighted by atomic mass is 35.5. The number of nitriles is 1. The van der Waals surface area contributed by atoms with Crippen molar-refractivity contribution in [2.24, 2.45) is 0 Å². The molecule has 0 unspecified atom stereocenters. The van der Waals surface area contributed by atoms with Crippen LogP contribution < -0.4 is 15.4 Å². The third-order valence-electron chi connectivity index (χ3n) is 3.29. The number of carbonyl (C=O) groups excluding carboxylic acids is 1. The number of hydrogen-bond acceptors (Lipinski definition) is 5. The molecule has 0 heterocycles. The summed E-state index contributed by atoms with van der Waals surface area (Å²) >= 11 is 6.01. The summed E-state index contributed by atoms with van der Waals surface area (Å²) in [6.07, 6.45) is 1.25. The largest absolute Gasteiger partial charge is 0.495 e. The monoisotopic (exact) mass is 371 g/mol. The Labute approximate surface area is 154 Å². The van der Waals surface area contributed by atoms with Gasteiger partial charge in [-0.1, -0.05) is 11.6 Å². The number of methoxy groups -OCH3 is 1. The number of nitrogens with zero attached hydrogens (tertiary/aromatic N) is 1.